The van der Waals surface area contributed by atoms with E-state index in [1.165, 1.54) is 32.5 Å². The highest BCUT2D eigenvalue weighted by Crippen LogP contribution is 2.40. The predicted octanol–water partition coefficient (Wildman–Crippen LogP) is 1.03. The van der Waals surface area contributed by atoms with Crippen LogP contribution in [0.5, 0.6) is 0 Å². The standard InChI is InChI=1S/C10H20N2/c1-9-6-10(8-12(9)3)4-5-11(2)7-10/h9H,4-8H2,1-3H3/t9-,10?/m0/s1. The monoisotopic (exact) mass is 168 g/mol. The van der Waals surface area contributed by atoms with Crippen molar-refractivity contribution in [3.05, 3.63) is 0 Å². The van der Waals surface area contributed by atoms with Gasteiger partial charge in [0.1, 0.15) is 0 Å². The zero-order valence-electron chi connectivity index (χ0n) is 8.51. The van der Waals surface area contributed by atoms with Crippen molar-refractivity contribution in [3.8, 4) is 0 Å². The Morgan fingerprint density at radius 1 is 1.25 bits per heavy atom. The minimum atomic E-state index is 0.656. The molecule has 0 radical (unpaired) electrons. The van der Waals surface area contributed by atoms with E-state index in [2.05, 4.69) is 30.8 Å². The minimum absolute atomic E-state index is 0.656. The fourth-order valence-corrected chi connectivity index (χ4v) is 2.99. The van der Waals surface area contributed by atoms with Gasteiger partial charge in [0.2, 0.25) is 0 Å². The first-order valence-corrected chi connectivity index (χ1v) is 5.00. The van der Waals surface area contributed by atoms with E-state index in [1.807, 2.05) is 0 Å². The summed E-state index contributed by atoms with van der Waals surface area (Å²) >= 11 is 0. The maximum atomic E-state index is 2.51. The van der Waals surface area contributed by atoms with Crippen molar-refractivity contribution < 1.29 is 0 Å². The van der Waals surface area contributed by atoms with Gasteiger partial charge in [-0.1, -0.05) is 0 Å². The Balaban J connectivity index is 2.05. The third kappa shape index (κ3) is 1.27. The maximum Gasteiger partial charge on any atom is 0.00703 e. The first-order valence-electron chi connectivity index (χ1n) is 5.00. The number of nitrogens with zero attached hydrogens (tertiary/aromatic N) is 2. The Morgan fingerprint density at radius 3 is 2.42 bits per heavy atom. The van der Waals surface area contributed by atoms with E-state index >= 15 is 0 Å². The molecule has 0 N–H and O–H groups in total. The van der Waals surface area contributed by atoms with Crippen LogP contribution in [0.4, 0.5) is 0 Å². The second-order valence-corrected chi connectivity index (χ2v) is 4.96. The largest absolute Gasteiger partial charge is 0.306 e. The van der Waals surface area contributed by atoms with Gasteiger partial charge in [0, 0.05) is 19.1 Å². The Hall–Kier alpha value is -0.0800. The molecule has 0 aromatic heterocycles. The number of hydrogen-bond acceptors (Lipinski definition) is 2. The molecule has 0 aromatic rings. The Bertz CT molecular complexity index is 169. The Morgan fingerprint density at radius 2 is 2.00 bits per heavy atom. The van der Waals surface area contributed by atoms with E-state index in [0.717, 1.165) is 6.04 Å². The number of likely N-dealkylation sites (tertiary alicyclic amines) is 2. The lowest BCUT2D eigenvalue weighted by molar-refractivity contribution is 0.272. The van der Waals surface area contributed by atoms with Gasteiger partial charge in [-0.05, 0) is 45.8 Å². The van der Waals surface area contributed by atoms with Crippen LogP contribution < -0.4 is 0 Å². The summed E-state index contributed by atoms with van der Waals surface area (Å²) in [6, 6.07) is 0.802. The minimum Gasteiger partial charge on any atom is -0.306 e. The van der Waals surface area contributed by atoms with Gasteiger partial charge in [0.25, 0.3) is 0 Å². The van der Waals surface area contributed by atoms with Gasteiger partial charge in [-0.2, -0.15) is 0 Å². The molecule has 0 aliphatic carbocycles. The molecule has 0 saturated carbocycles. The molecule has 70 valence electrons. The van der Waals surface area contributed by atoms with Crippen molar-refractivity contribution in [2.24, 2.45) is 5.41 Å². The van der Waals surface area contributed by atoms with E-state index in [0.29, 0.717) is 5.41 Å². The molecule has 1 spiro atoms. The van der Waals surface area contributed by atoms with Crippen molar-refractivity contribution in [2.45, 2.75) is 25.8 Å². The van der Waals surface area contributed by atoms with Crippen LogP contribution in [0.1, 0.15) is 19.8 Å². The molecular weight excluding hydrogens is 148 g/mol. The average molecular weight is 168 g/mol. The summed E-state index contributed by atoms with van der Waals surface area (Å²) < 4.78 is 0. The number of rotatable bonds is 0. The van der Waals surface area contributed by atoms with Crippen LogP contribution in [-0.2, 0) is 0 Å². The summed E-state index contributed by atoms with van der Waals surface area (Å²) in [6.45, 7) is 6.30. The van der Waals surface area contributed by atoms with Crippen LogP contribution in [0.25, 0.3) is 0 Å². The average Bonchev–Trinajstić information content (AvgIpc) is 2.42. The molecule has 2 heterocycles. The molecule has 12 heavy (non-hydrogen) atoms. The molecule has 2 aliphatic rings. The van der Waals surface area contributed by atoms with Crippen molar-refractivity contribution in [2.75, 3.05) is 33.7 Å². The lowest BCUT2D eigenvalue weighted by Crippen LogP contribution is -2.28. The van der Waals surface area contributed by atoms with Crippen LogP contribution in [0.15, 0.2) is 0 Å². The molecule has 0 amide bonds. The molecule has 2 saturated heterocycles. The van der Waals surface area contributed by atoms with Crippen LogP contribution >= 0.6 is 0 Å². The third-order valence-electron chi connectivity index (χ3n) is 3.69. The number of hydrogen-bond donors (Lipinski definition) is 0. The van der Waals surface area contributed by atoms with Crippen molar-refractivity contribution >= 4 is 0 Å². The van der Waals surface area contributed by atoms with Gasteiger partial charge in [0.05, 0.1) is 0 Å². The summed E-state index contributed by atoms with van der Waals surface area (Å²) in [6.07, 6.45) is 2.83. The van der Waals surface area contributed by atoms with E-state index < -0.39 is 0 Å². The maximum absolute atomic E-state index is 2.51. The van der Waals surface area contributed by atoms with Gasteiger partial charge >= 0.3 is 0 Å². The van der Waals surface area contributed by atoms with Crippen LogP contribution in [0.3, 0.4) is 0 Å². The summed E-state index contributed by atoms with van der Waals surface area (Å²) in [5.74, 6) is 0. The normalized spacial score (nSPS) is 44.8. The van der Waals surface area contributed by atoms with Gasteiger partial charge < -0.3 is 9.80 Å². The first-order chi connectivity index (χ1) is 5.61. The topological polar surface area (TPSA) is 6.48 Å². The summed E-state index contributed by atoms with van der Waals surface area (Å²) in [4.78, 5) is 4.99. The molecule has 2 aliphatic heterocycles. The lowest BCUT2D eigenvalue weighted by atomic mass is 9.85. The molecular formula is C10H20N2. The molecule has 1 unspecified atom stereocenters. The summed E-state index contributed by atoms with van der Waals surface area (Å²) in [7, 11) is 4.51. The molecule has 2 rings (SSSR count). The summed E-state index contributed by atoms with van der Waals surface area (Å²) in [5, 5.41) is 0. The van der Waals surface area contributed by atoms with E-state index in [4.69, 9.17) is 0 Å². The highest BCUT2D eigenvalue weighted by Gasteiger charge is 2.44. The molecule has 2 fully saturated rings. The van der Waals surface area contributed by atoms with Gasteiger partial charge in [-0.15, -0.1) is 0 Å². The van der Waals surface area contributed by atoms with Gasteiger partial charge in [-0.25, -0.2) is 0 Å². The molecule has 2 nitrogen and oxygen atoms in total. The van der Waals surface area contributed by atoms with Gasteiger partial charge in [0.15, 0.2) is 0 Å². The zero-order valence-corrected chi connectivity index (χ0v) is 8.51. The smallest absolute Gasteiger partial charge is 0.00703 e. The van der Waals surface area contributed by atoms with E-state index in [9.17, 15) is 0 Å². The van der Waals surface area contributed by atoms with Crippen LogP contribution in [0, 0.1) is 5.41 Å². The quantitative estimate of drug-likeness (QED) is 0.533. The Kier molecular flexibility index (Phi) is 1.92. The zero-order chi connectivity index (χ0) is 8.77. The van der Waals surface area contributed by atoms with Crippen molar-refractivity contribution in [3.63, 3.8) is 0 Å². The highest BCUT2D eigenvalue weighted by atomic mass is 15.2. The van der Waals surface area contributed by atoms with Gasteiger partial charge in [-0.3, -0.25) is 0 Å². The SMILES string of the molecule is C[C@H]1CC2(CCN(C)C2)CN1C. The lowest BCUT2D eigenvalue weighted by Gasteiger charge is -2.22. The fraction of sp³-hybridized carbons (Fsp3) is 1.00. The molecule has 0 aromatic carbocycles. The van der Waals surface area contributed by atoms with Crippen molar-refractivity contribution in [1.29, 1.82) is 0 Å². The fourth-order valence-electron chi connectivity index (χ4n) is 2.99. The predicted molar refractivity (Wildman–Crippen MR) is 51.3 cm³/mol. The van der Waals surface area contributed by atoms with E-state index in [1.54, 1.807) is 0 Å². The molecule has 2 heteroatoms. The van der Waals surface area contributed by atoms with Crippen LogP contribution in [-0.4, -0.2) is 49.6 Å². The summed E-state index contributed by atoms with van der Waals surface area (Å²) in [5.41, 5.74) is 0.656. The Labute approximate surface area is 75.5 Å². The highest BCUT2D eigenvalue weighted by molar-refractivity contribution is 4.98. The molecule has 0 bridgehead atoms. The van der Waals surface area contributed by atoms with Crippen LogP contribution in [0.2, 0.25) is 0 Å². The second-order valence-electron chi connectivity index (χ2n) is 4.96. The van der Waals surface area contributed by atoms with E-state index in [-0.39, 0.29) is 0 Å². The second kappa shape index (κ2) is 2.71. The van der Waals surface area contributed by atoms with Crippen molar-refractivity contribution in [1.82, 2.24) is 9.80 Å². The molecule has 2 atom stereocenters. The first kappa shape index (κ1) is 8.52. The third-order valence-corrected chi connectivity index (χ3v) is 3.69.